The highest BCUT2D eigenvalue weighted by atomic mass is 35.5. The van der Waals surface area contributed by atoms with E-state index >= 15 is 0 Å². The Labute approximate surface area is 103 Å². The molecule has 2 rings (SSSR count). The maximum absolute atomic E-state index is 6.51. The van der Waals surface area contributed by atoms with Crippen molar-refractivity contribution in [3.8, 4) is 5.75 Å². The van der Waals surface area contributed by atoms with Gasteiger partial charge < -0.3 is 4.74 Å². The molecule has 0 aromatic heterocycles. The van der Waals surface area contributed by atoms with Crippen molar-refractivity contribution in [3.63, 3.8) is 0 Å². The van der Waals surface area contributed by atoms with Gasteiger partial charge in [0.05, 0.1) is 12.5 Å². The van der Waals surface area contributed by atoms with E-state index in [-0.39, 0.29) is 5.38 Å². The fourth-order valence-corrected chi connectivity index (χ4v) is 3.01. The van der Waals surface area contributed by atoms with E-state index in [9.17, 15) is 0 Å². The van der Waals surface area contributed by atoms with Crippen molar-refractivity contribution in [2.24, 2.45) is 5.41 Å². The lowest BCUT2D eigenvalue weighted by Crippen LogP contribution is -2.11. The first-order valence-corrected chi connectivity index (χ1v) is 6.26. The molecule has 0 bridgehead atoms. The molecule has 1 unspecified atom stereocenters. The van der Waals surface area contributed by atoms with Gasteiger partial charge in [0.25, 0.3) is 0 Å². The van der Waals surface area contributed by atoms with E-state index < -0.39 is 0 Å². The summed E-state index contributed by atoms with van der Waals surface area (Å²) in [5.74, 6) is 0.907. The fourth-order valence-electron chi connectivity index (χ4n) is 2.39. The van der Waals surface area contributed by atoms with E-state index in [0.29, 0.717) is 5.41 Å². The first-order valence-electron chi connectivity index (χ1n) is 5.83. The smallest absolute Gasteiger partial charge is 0.119 e. The highest BCUT2D eigenvalue weighted by molar-refractivity contribution is 6.21. The van der Waals surface area contributed by atoms with Crippen LogP contribution in [0.5, 0.6) is 5.75 Å². The first kappa shape index (κ1) is 11.8. The highest BCUT2D eigenvalue weighted by Crippen LogP contribution is 2.43. The van der Waals surface area contributed by atoms with Gasteiger partial charge in [-0.3, -0.25) is 0 Å². The quantitative estimate of drug-likeness (QED) is 0.523. The van der Waals surface area contributed by atoms with Crippen molar-refractivity contribution in [1.29, 1.82) is 0 Å². The van der Waals surface area contributed by atoms with Crippen LogP contribution < -0.4 is 4.74 Å². The molecule has 1 nitrogen and oxygen atoms in total. The van der Waals surface area contributed by atoms with Crippen molar-refractivity contribution in [3.05, 3.63) is 29.3 Å². The first-order chi connectivity index (χ1) is 7.52. The van der Waals surface area contributed by atoms with E-state index in [2.05, 4.69) is 26.0 Å². The number of aryl methyl sites for hydroxylation is 1. The van der Waals surface area contributed by atoms with Crippen molar-refractivity contribution >= 4 is 11.6 Å². The highest BCUT2D eigenvalue weighted by Gasteiger charge is 2.28. The molecule has 0 radical (unpaired) electrons. The van der Waals surface area contributed by atoms with E-state index in [1.54, 1.807) is 7.11 Å². The number of hydrogen-bond acceptors (Lipinski definition) is 1. The van der Waals surface area contributed by atoms with Crippen LogP contribution in [-0.2, 0) is 6.42 Å². The molecule has 1 aliphatic rings. The second-order valence-corrected chi connectivity index (χ2v) is 5.93. The SMILES string of the molecule is COc1ccc2c(c1)C(Cl)CC(C)(C)CC2. The molecule has 0 saturated carbocycles. The van der Waals surface area contributed by atoms with Gasteiger partial charge >= 0.3 is 0 Å². The minimum Gasteiger partial charge on any atom is -0.497 e. The molecule has 88 valence electrons. The molecule has 0 N–H and O–H groups in total. The zero-order chi connectivity index (χ0) is 11.8. The maximum Gasteiger partial charge on any atom is 0.119 e. The molecule has 0 spiro atoms. The summed E-state index contributed by atoms with van der Waals surface area (Å²) < 4.78 is 5.26. The fraction of sp³-hybridized carbons (Fsp3) is 0.571. The zero-order valence-electron chi connectivity index (χ0n) is 10.2. The Hall–Kier alpha value is -0.690. The van der Waals surface area contributed by atoms with Crippen LogP contribution in [0.25, 0.3) is 0 Å². The number of hydrogen-bond donors (Lipinski definition) is 0. The number of benzene rings is 1. The van der Waals surface area contributed by atoms with E-state index in [1.165, 1.54) is 17.5 Å². The molecule has 0 heterocycles. The Morgan fingerprint density at radius 3 is 2.81 bits per heavy atom. The molecule has 1 aliphatic carbocycles. The summed E-state index contributed by atoms with van der Waals surface area (Å²) >= 11 is 6.51. The average molecular weight is 239 g/mol. The lowest BCUT2D eigenvalue weighted by molar-refractivity contribution is 0.313. The number of alkyl halides is 1. The second-order valence-electron chi connectivity index (χ2n) is 5.40. The Kier molecular flexibility index (Phi) is 3.16. The Morgan fingerprint density at radius 1 is 1.38 bits per heavy atom. The Balaban J connectivity index is 2.37. The number of methoxy groups -OCH3 is 1. The summed E-state index contributed by atoms with van der Waals surface area (Å²) in [7, 11) is 1.70. The zero-order valence-corrected chi connectivity index (χ0v) is 11.0. The van der Waals surface area contributed by atoms with Gasteiger partial charge in [-0.1, -0.05) is 19.9 Å². The molecule has 1 aromatic rings. The third-order valence-corrected chi connectivity index (χ3v) is 3.88. The van der Waals surface area contributed by atoms with Crippen LogP contribution in [-0.4, -0.2) is 7.11 Å². The average Bonchev–Trinajstić information content (AvgIpc) is 2.35. The van der Waals surface area contributed by atoms with Gasteiger partial charge in [-0.25, -0.2) is 0 Å². The molecule has 0 aliphatic heterocycles. The van der Waals surface area contributed by atoms with Crippen molar-refractivity contribution < 1.29 is 4.74 Å². The summed E-state index contributed by atoms with van der Waals surface area (Å²) in [5.41, 5.74) is 2.97. The molecule has 0 amide bonds. The molecule has 0 fully saturated rings. The van der Waals surface area contributed by atoms with E-state index in [1.807, 2.05) is 6.07 Å². The Morgan fingerprint density at radius 2 is 2.12 bits per heavy atom. The summed E-state index contributed by atoms with van der Waals surface area (Å²) in [6.07, 6.45) is 3.36. The number of rotatable bonds is 1. The number of fused-ring (bicyclic) bond motifs is 1. The standard InChI is InChI=1S/C14H19ClO/c1-14(2)7-6-10-4-5-11(16-3)8-12(10)13(15)9-14/h4-5,8,13H,6-7,9H2,1-3H3. The topological polar surface area (TPSA) is 9.23 Å². The Bertz CT molecular complexity index is 384. The lowest BCUT2D eigenvalue weighted by Gasteiger charge is -2.23. The second kappa shape index (κ2) is 4.29. The normalized spacial score (nSPS) is 23.4. The minimum atomic E-state index is 0.114. The van der Waals surface area contributed by atoms with Gasteiger partial charge in [-0.15, -0.1) is 11.6 Å². The van der Waals surface area contributed by atoms with Crippen LogP contribution in [0.3, 0.4) is 0 Å². The molecular weight excluding hydrogens is 220 g/mol. The molecule has 16 heavy (non-hydrogen) atoms. The largest absolute Gasteiger partial charge is 0.497 e. The summed E-state index contributed by atoms with van der Waals surface area (Å²) in [5, 5.41) is 0.114. The van der Waals surface area contributed by atoms with Gasteiger partial charge in [-0.2, -0.15) is 0 Å². The van der Waals surface area contributed by atoms with Crippen LogP contribution in [0.4, 0.5) is 0 Å². The predicted molar refractivity (Wildman–Crippen MR) is 68.3 cm³/mol. The molecule has 0 saturated heterocycles. The summed E-state index contributed by atoms with van der Waals surface area (Å²) in [6.45, 7) is 4.59. The van der Waals surface area contributed by atoms with Gasteiger partial charge in [0.2, 0.25) is 0 Å². The number of ether oxygens (including phenoxy) is 1. The molecular formula is C14H19ClO. The third kappa shape index (κ3) is 2.35. The van der Waals surface area contributed by atoms with Gasteiger partial charge in [0, 0.05) is 0 Å². The van der Waals surface area contributed by atoms with Crippen molar-refractivity contribution in [1.82, 2.24) is 0 Å². The van der Waals surface area contributed by atoms with Crippen LogP contribution in [0.1, 0.15) is 43.2 Å². The minimum absolute atomic E-state index is 0.114. The maximum atomic E-state index is 6.51. The summed E-state index contributed by atoms with van der Waals surface area (Å²) in [6, 6.07) is 6.28. The van der Waals surface area contributed by atoms with E-state index in [4.69, 9.17) is 16.3 Å². The van der Waals surface area contributed by atoms with Gasteiger partial charge in [0.15, 0.2) is 0 Å². The lowest BCUT2D eigenvalue weighted by atomic mass is 9.84. The van der Waals surface area contributed by atoms with Gasteiger partial charge in [0.1, 0.15) is 5.75 Å². The predicted octanol–water partition coefficient (Wildman–Crippen LogP) is 4.34. The monoisotopic (exact) mass is 238 g/mol. The van der Waals surface area contributed by atoms with Crippen LogP contribution >= 0.6 is 11.6 Å². The molecule has 2 heteroatoms. The van der Waals surface area contributed by atoms with Crippen LogP contribution in [0.2, 0.25) is 0 Å². The third-order valence-electron chi connectivity index (χ3n) is 3.49. The van der Waals surface area contributed by atoms with Crippen LogP contribution in [0.15, 0.2) is 18.2 Å². The summed E-state index contributed by atoms with van der Waals surface area (Å²) in [4.78, 5) is 0. The van der Waals surface area contributed by atoms with Crippen LogP contribution in [0, 0.1) is 5.41 Å². The van der Waals surface area contributed by atoms with E-state index in [0.717, 1.165) is 18.6 Å². The van der Waals surface area contributed by atoms with Crippen molar-refractivity contribution in [2.75, 3.05) is 7.11 Å². The van der Waals surface area contributed by atoms with Gasteiger partial charge in [-0.05, 0) is 47.9 Å². The van der Waals surface area contributed by atoms with Crippen molar-refractivity contribution in [2.45, 2.75) is 38.5 Å². The molecule has 1 aromatic carbocycles. The number of halogens is 1. The molecule has 1 atom stereocenters.